The number of anilines is 1. The quantitative estimate of drug-likeness (QED) is 0.923. The number of aryl methyl sites for hydroxylation is 1. The van der Waals surface area contributed by atoms with Gasteiger partial charge in [0.05, 0.1) is 6.10 Å². The van der Waals surface area contributed by atoms with E-state index in [0.717, 1.165) is 28.4 Å². The Hall–Kier alpha value is -2.10. The minimum Gasteiger partial charge on any atom is -0.491 e. The van der Waals surface area contributed by atoms with Crippen molar-refractivity contribution in [3.05, 3.63) is 35.5 Å². The van der Waals surface area contributed by atoms with Crippen LogP contribution in [-0.4, -0.2) is 23.1 Å². The van der Waals surface area contributed by atoms with Crippen molar-refractivity contribution in [1.29, 1.82) is 0 Å². The van der Waals surface area contributed by atoms with Crippen molar-refractivity contribution in [3.8, 4) is 17.1 Å². The van der Waals surface area contributed by atoms with E-state index >= 15 is 0 Å². The Balaban J connectivity index is 2.43. The summed E-state index contributed by atoms with van der Waals surface area (Å²) in [5.41, 5.74) is 3.02. The summed E-state index contributed by atoms with van der Waals surface area (Å²) in [6.07, 6.45) is 0.152. The van der Waals surface area contributed by atoms with Gasteiger partial charge in [0.25, 0.3) is 0 Å². The molecule has 1 aromatic carbocycles. The number of nitrogens with one attached hydrogen (secondary N) is 1. The second-order valence-corrected chi connectivity index (χ2v) is 5.05. The highest BCUT2D eigenvalue weighted by molar-refractivity contribution is 5.61. The van der Waals surface area contributed by atoms with E-state index in [9.17, 15) is 0 Å². The van der Waals surface area contributed by atoms with Gasteiger partial charge in [0.15, 0.2) is 5.82 Å². The number of hydrogen-bond acceptors (Lipinski definition) is 4. The van der Waals surface area contributed by atoms with Gasteiger partial charge in [-0.1, -0.05) is 12.1 Å². The van der Waals surface area contributed by atoms with Gasteiger partial charge in [0.2, 0.25) is 0 Å². The lowest BCUT2D eigenvalue weighted by atomic mass is 10.1. The maximum atomic E-state index is 5.72. The van der Waals surface area contributed by atoms with Crippen LogP contribution in [0.25, 0.3) is 11.4 Å². The van der Waals surface area contributed by atoms with Gasteiger partial charge in [0.1, 0.15) is 11.6 Å². The van der Waals surface area contributed by atoms with E-state index in [1.54, 1.807) is 0 Å². The van der Waals surface area contributed by atoms with Crippen molar-refractivity contribution >= 4 is 5.82 Å². The van der Waals surface area contributed by atoms with E-state index in [2.05, 4.69) is 15.3 Å². The molecule has 0 aliphatic rings. The highest BCUT2D eigenvalue weighted by Gasteiger charge is 2.09. The highest BCUT2D eigenvalue weighted by atomic mass is 16.5. The molecule has 0 fully saturated rings. The molecule has 2 aromatic rings. The van der Waals surface area contributed by atoms with Crippen molar-refractivity contribution in [3.63, 3.8) is 0 Å². The van der Waals surface area contributed by atoms with Crippen LogP contribution in [0.3, 0.4) is 0 Å². The van der Waals surface area contributed by atoms with E-state index in [1.807, 2.05) is 59.0 Å². The Kier molecular flexibility index (Phi) is 4.23. The number of hydrogen-bond donors (Lipinski definition) is 1. The molecule has 4 heteroatoms. The van der Waals surface area contributed by atoms with Gasteiger partial charge in [-0.3, -0.25) is 0 Å². The summed E-state index contributed by atoms with van der Waals surface area (Å²) >= 11 is 0. The number of nitrogens with zero attached hydrogens (tertiary/aromatic N) is 2. The molecule has 0 aliphatic heterocycles. The molecule has 20 heavy (non-hydrogen) atoms. The molecule has 106 valence electrons. The predicted molar refractivity (Wildman–Crippen MR) is 82.3 cm³/mol. The van der Waals surface area contributed by atoms with Crippen molar-refractivity contribution < 1.29 is 4.74 Å². The lowest BCUT2D eigenvalue weighted by Crippen LogP contribution is -2.06. The fourth-order valence-electron chi connectivity index (χ4n) is 1.98. The normalized spacial score (nSPS) is 10.7. The molecule has 2 rings (SSSR count). The Morgan fingerprint density at radius 1 is 1.15 bits per heavy atom. The molecule has 0 radical (unpaired) electrons. The van der Waals surface area contributed by atoms with E-state index in [4.69, 9.17) is 4.74 Å². The molecule has 1 aromatic heterocycles. The van der Waals surface area contributed by atoms with Crippen molar-refractivity contribution in [1.82, 2.24) is 9.97 Å². The summed E-state index contributed by atoms with van der Waals surface area (Å²) in [7, 11) is 1.87. The summed E-state index contributed by atoms with van der Waals surface area (Å²) in [6, 6.07) is 7.88. The minimum atomic E-state index is 0.152. The first-order valence-corrected chi connectivity index (χ1v) is 6.81. The monoisotopic (exact) mass is 271 g/mol. The van der Waals surface area contributed by atoms with Gasteiger partial charge < -0.3 is 10.1 Å². The summed E-state index contributed by atoms with van der Waals surface area (Å²) < 4.78 is 5.72. The third-order valence-corrected chi connectivity index (χ3v) is 3.09. The lowest BCUT2D eigenvalue weighted by Gasteiger charge is -2.12. The summed E-state index contributed by atoms with van der Waals surface area (Å²) in [5, 5.41) is 3.11. The van der Waals surface area contributed by atoms with Crippen molar-refractivity contribution in [2.75, 3.05) is 12.4 Å². The van der Waals surface area contributed by atoms with Gasteiger partial charge in [0, 0.05) is 23.9 Å². The second-order valence-electron chi connectivity index (χ2n) is 5.05. The van der Waals surface area contributed by atoms with Gasteiger partial charge >= 0.3 is 0 Å². The van der Waals surface area contributed by atoms with Crippen LogP contribution in [0.5, 0.6) is 5.75 Å². The zero-order valence-electron chi connectivity index (χ0n) is 12.7. The summed E-state index contributed by atoms with van der Waals surface area (Å²) in [6.45, 7) is 8.04. The molecule has 0 amide bonds. The van der Waals surface area contributed by atoms with E-state index in [0.29, 0.717) is 5.82 Å². The number of benzene rings is 1. The third kappa shape index (κ3) is 3.07. The Morgan fingerprint density at radius 3 is 2.55 bits per heavy atom. The topological polar surface area (TPSA) is 47.0 Å². The van der Waals surface area contributed by atoms with E-state index < -0.39 is 0 Å². The average molecular weight is 271 g/mol. The minimum absolute atomic E-state index is 0.152. The lowest BCUT2D eigenvalue weighted by molar-refractivity contribution is 0.242. The molecule has 0 spiro atoms. The molecule has 4 nitrogen and oxygen atoms in total. The van der Waals surface area contributed by atoms with Gasteiger partial charge in [-0.05, 0) is 39.8 Å². The SMILES string of the molecule is CNc1nc(-c2cccc(OC(C)C)c2)nc(C)c1C. The first-order valence-electron chi connectivity index (χ1n) is 6.81. The van der Waals surface area contributed by atoms with Crippen LogP contribution < -0.4 is 10.1 Å². The molecular weight excluding hydrogens is 250 g/mol. The number of rotatable bonds is 4. The Bertz CT molecular complexity index is 609. The van der Waals surface area contributed by atoms with E-state index in [1.165, 1.54) is 0 Å². The zero-order valence-corrected chi connectivity index (χ0v) is 12.7. The fraction of sp³-hybridized carbons (Fsp3) is 0.375. The summed E-state index contributed by atoms with van der Waals surface area (Å²) in [4.78, 5) is 9.13. The molecule has 0 saturated carbocycles. The number of ether oxygens (including phenoxy) is 1. The largest absolute Gasteiger partial charge is 0.491 e. The average Bonchev–Trinajstić information content (AvgIpc) is 2.41. The van der Waals surface area contributed by atoms with Crippen LogP contribution in [0.2, 0.25) is 0 Å². The Labute approximate surface area is 120 Å². The fourth-order valence-corrected chi connectivity index (χ4v) is 1.98. The van der Waals surface area contributed by atoms with Gasteiger partial charge in [-0.2, -0.15) is 0 Å². The Morgan fingerprint density at radius 2 is 1.90 bits per heavy atom. The van der Waals surface area contributed by atoms with Gasteiger partial charge in [-0.25, -0.2) is 9.97 Å². The second kappa shape index (κ2) is 5.90. The molecule has 1 N–H and O–H groups in total. The maximum Gasteiger partial charge on any atom is 0.161 e. The van der Waals surface area contributed by atoms with Crippen LogP contribution in [0.1, 0.15) is 25.1 Å². The van der Waals surface area contributed by atoms with Crippen molar-refractivity contribution in [2.24, 2.45) is 0 Å². The first kappa shape index (κ1) is 14.3. The standard InChI is InChI=1S/C16H21N3O/c1-10(2)20-14-8-6-7-13(9-14)16-18-12(4)11(3)15(17-5)19-16/h6-10H,1-5H3,(H,17,18,19). The molecule has 0 aliphatic carbocycles. The van der Waals surface area contributed by atoms with Crippen LogP contribution >= 0.6 is 0 Å². The molecule has 0 bridgehead atoms. The van der Waals surface area contributed by atoms with Crippen LogP contribution in [0, 0.1) is 13.8 Å². The number of aromatic nitrogens is 2. The van der Waals surface area contributed by atoms with Gasteiger partial charge in [-0.15, -0.1) is 0 Å². The molecule has 0 unspecified atom stereocenters. The zero-order chi connectivity index (χ0) is 14.7. The van der Waals surface area contributed by atoms with Crippen LogP contribution in [-0.2, 0) is 0 Å². The molecule has 0 atom stereocenters. The third-order valence-electron chi connectivity index (χ3n) is 3.09. The first-order chi connectivity index (χ1) is 9.51. The van der Waals surface area contributed by atoms with E-state index in [-0.39, 0.29) is 6.10 Å². The maximum absolute atomic E-state index is 5.72. The molecule has 0 saturated heterocycles. The predicted octanol–water partition coefficient (Wildman–Crippen LogP) is 3.59. The van der Waals surface area contributed by atoms with Crippen LogP contribution in [0.15, 0.2) is 24.3 Å². The van der Waals surface area contributed by atoms with Crippen molar-refractivity contribution in [2.45, 2.75) is 33.8 Å². The summed E-state index contributed by atoms with van der Waals surface area (Å²) in [5.74, 6) is 2.42. The smallest absolute Gasteiger partial charge is 0.161 e. The highest BCUT2D eigenvalue weighted by Crippen LogP contribution is 2.24. The molecule has 1 heterocycles. The molecular formula is C16H21N3O. The van der Waals surface area contributed by atoms with Crippen LogP contribution in [0.4, 0.5) is 5.82 Å².